The minimum Gasteiger partial charge on any atom is -0.494 e. The molecular weight excluding hydrogens is 516 g/mol. The molecule has 2 aliphatic carbocycles. The highest BCUT2D eigenvalue weighted by atomic mass is 32.1. The van der Waals surface area contributed by atoms with Crippen molar-refractivity contribution in [1.82, 2.24) is 14.9 Å². The summed E-state index contributed by atoms with van der Waals surface area (Å²) in [6, 6.07) is 12.8. The van der Waals surface area contributed by atoms with E-state index in [1.54, 1.807) is 24.0 Å². The Morgan fingerprint density at radius 1 is 1.10 bits per heavy atom. The summed E-state index contributed by atoms with van der Waals surface area (Å²) in [4.78, 5) is 14.3. The molecule has 1 atom stereocenters. The molecule has 2 aliphatic rings. The first-order valence-corrected chi connectivity index (χ1v) is 15.0. The van der Waals surface area contributed by atoms with Gasteiger partial charge in [0, 0.05) is 31.8 Å². The normalized spacial score (nSPS) is 16.4. The largest absolute Gasteiger partial charge is 0.494 e. The molecule has 1 unspecified atom stereocenters. The molecule has 0 radical (unpaired) electrons. The van der Waals surface area contributed by atoms with Crippen molar-refractivity contribution in [1.29, 1.82) is 0 Å². The number of nitrogens with one attached hydrogen (secondary N) is 1. The van der Waals surface area contributed by atoms with Gasteiger partial charge in [-0.15, -0.1) is 11.3 Å². The summed E-state index contributed by atoms with van der Waals surface area (Å²) >= 11 is 1.70. The van der Waals surface area contributed by atoms with Gasteiger partial charge in [0.05, 0.1) is 40.1 Å². The standard InChI is InChI=1S/C32H38N6OS/c1-37(2)15-16-38(3)27-19-28(39-4)26(18-24(27)33)35-32-34-25-14-17-40-31(25)30(36-32)23-13-7-11-21-9-5-8-20-10-6-12-22(23)29(20)21/h6,10,12-14,17-19,21H,5,7-9,11,15-16,33H2,1-4H3,(H,34,35,36). The Balaban J connectivity index is 1.39. The number of benzene rings is 2. The number of methoxy groups -OCH3 is 1. The first kappa shape index (κ1) is 26.6. The van der Waals surface area contributed by atoms with E-state index >= 15 is 0 Å². The van der Waals surface area contributed by atoms with Crippen molar-refractivity contribution in [2.45, 2.75) is 38.0 Å². The first-order chi connectivity index (χ1) is 19.4. The number of nitrogens with two attached hydrogens (primary N) is 1. The molecule has 3 N–H and O–H groups in total. The highest BCUT2D eigenvalue weighted by Gasteiger charge is 2.28. The number of aryl methyl sites for hydroxylation is 1. The molecule has 4 aromatic rings. The van der Waals surface area contributed by atoms with Crippen LogP contribution in [0.1, 0.15) is 54.0 Å². The summed E-state index contributed by atoms with van der Waals surface area (Å²) in [7, 11) is 7.87. The molecule has 0 spiro atoms. The highest BCUT2D eigenvalue weighted by Crippen LogP contribution is 2.45. The maximum atomic E-state index is 6.54. The summed E-state index contributed by atoms with van der Waals surface area (Å²) in [5, 5.41) is 5.55. The third kappa shape index (κ3) is 5.02. The lowest BCUT2D eigenvalue weighted by atomic mass is 9.78. The summed E-state index contributed by atoms with van der Waals surface area (Å²) < 4.78 is 6.91. The number of nitrogens with zero attached hydrogens (tertiary/aromatic N) is 4. The van der Waals surface area contributed by atoms with E-state index in [1.165, 1.54) is 42.4 Å². The summed E-state index contributed by atoms with van der Waals surface area (Å²) in [5.41, 5.74) is 16.5. The molecule has 2 aromatic carbocycles. The van der Waals surface area contributed by atoms with Gasteiger partial charge in [0.2, 0.25) is 5.95 Å². The molecule has 208 valence electrons. The van der Waals surface area contributed by atoms with Crippen LogP contribution in [0.15, 0.2) is 47.9 Å². The zero-order valence-electron chi connectivity index (χ0n) is 23.8. The van der Waals surface area contributed by atoms with Crippen LogP contribution in [-0.2, 0) is 6.42 Å². The number of aromatic nitrogens is 2. The number of likely N-dealkylation sites (N-methyl/N-ethyl adjacent to an activating group) is 2. The average molecular weight is 555 g/mol. The lowest BCUT2D eigenvalue weighted by Gasteiger charge is -2.27. The smallest absolute Gasteiger partial charge is 0.228 e. The molecule has 40 heavy (non-hydrogen) atoms. The second kappa shape index (κ2) is 11.1. The Kier molecular flexibility index (Phi) is 7.38. The number of hydrogen-bond donors (Lipinski definition) is 2. The Morgan fingerprint density at radius 2 is 1.98 bits per heavy atom. The topological polar surface area (TPSA) is 79.5 Å². The minimum absolute atomic E-state index is 0.541. The van der Waals surface area contributed by atoms with Crippen molar-refractivity contribution >= 4 is 50.1 Å². The average Bonchev–Trinajstić information content (AvgIpc) is 3.34. The molecule has 7 nitrogen and oxygen atoms in total. The van der Waals surface area contributed by atoms with Gasteiger partial charge in [-0.3, -0.25) is 0 Å². The molecule has 0 saturated heterocycles. The van der Waals surface area contributed by atoms with E-state index < -0.39 is 0 Å². The van der Waals surface area contributed by atoms with E-state index in [4.69, 9.17) is 20.4 Å². The highest BCUT2D eigenvalue weighted by molar-refractivity contribution is 7.17. The molecule has 0 amide bonds. The van der Waals surface area contributed by atoms with Gasteiger partial charge in [0.1, 0.15) is 5.75 Å². The van der Waals surface area contributed by atoms with Crippen LogP contribution >= 0.6 is 11.3 Å². The number of rotatable bonds is 8. The predicted octanol–water partition coefficient (Wildman–Crippen LogP) is 6.67. The lowest BCUT2D eigenvalue weighted by Crippen LogP contribution is -2.29. The molecule has 0 saturated carbocycles. The third-order valence-electron chi connectivity index (χ3n) is 8.20. The Labute approximate surface area is 240 Å². The van der Waals surface area contributed by atoms with Crippen molar-refractivity contribution in [3.63, 3.8) is 0 Å². The number of ether oxygens (including phenoxy) is 1. The Morgan fingerprint density at radius 3 is 2.80 bits per heavy atom. The number of anilines is 4. The second-order valence-electron chi connectivity index (χ2n) is 11.2. The van der Waals surface area contributed by atoms with Crippen molar-refractivity contribution in [2.75, 3.05) is 57.3 Å². The van der Waals surface area contributed by atoms with Gasteiger partial charge in [0.15, 0.2) is 0 Å². The molecule has 0 fully saturated rings. The fourth-order valence-electron chi connectivity index (χ4n) is 6.16. The molecule has 2 aromatic heterocycles. The van der Waals surface area contributed by atoms with Crippen LogP contribution in [0.25, 0.3) is 15.8 Å². The van der Waals surface area contributed by atoms with Gasteiger partial charge in [-0.05, 0) is 86.3 Å². The van der Waals surface area contributed by atoms with Crippen LogP contribution in [0.2, 0.25) is 0 Å². The number of hydrogen-bond acceptors (Lipinski definition) is 8. The molecule has 0 bridgehead atoms. The Bertz CT molecular complexity index is 1580. The van der Waals surface area contributed by atoms with E-state index in [0.717, 1.165) is 46.8 Å². The van der Waals surface area contributed by atoms with E-state index in [0.29, 0.717) is 23.3 Å². The van der Waals surface area contributed by atoms with Gasteiger partial charge in [-0.1, -0.05) is 24.3 Å². The van der Waals surface area contributed by atoms with Crippen LogP contribution in [0.5, 0.6) is 5.75 Å². The van der Waals surface area contributed by atoms with E-state index in [1.807, 2.05) is 12.1 Å². The van der Waals surface area contributed by atoms with Gasteiger partial charge in [-0.25, -0.2) is 9.97 Å². The number of allylic oxidation sites excluding steroid dienone is 1. The summed E-state index contributed by atoms with van der Waals surface area (Å²) in [6.45, 7) is 1.78. The van der Waals surface area contributed by atoms with Crippen LogP contribution in [0, 0.1) is 0 Å². The molecular formula is C32H38N6OS. The summed E-state index contributed by atoms with van der Waals surface area (Å²) in [5.74, 6) is 1.87. The molecule has 8 heteroatoms. The second-order valence-corrected chi connectivity index (χ2v) is 12.1. The third-order valence-corrected chi connectivity index (χ3v) is 9.12. The van der Waals surface area contributed by atoms with Gasteiger partial charge in [-0.2, -0.15) is 0 Å². The monoisotopic (exact) mass is 554 g/mol. The van der Waals surface area contributed by atoms with Crippen LogP contribution in [0.4, 0.5) is 23.0 Å². The van der Waals surface area contributed by atoms with Crippen molar-refractivity contribution < 1.29 is 4.74 Å². The molecule has 6 rings (SSSR count). The van der Waals surface area contributed by atoms with E-state index in [-0.39, 0.29) is 0 Å². The maximum Gasteiger partial charge on any atom is 0.228 e. The van der Waals surface area contributed by atoms with Gasteiger partial charge < -0.3 is 25.6 Å². The number of thiophene rings is 1. The Hall–Kier alpha value is -3.62. The van der Waals surface area contributed by atoms with Crippen LogP contribution in [0.3, 0.4) is 0 Å². The fraction of sp³-hybridized carbons (Fsp3) is 0.375. The number of fused-ring (bicyclic) bond motifs is 1. The predicted molar refractivity (Wildman–Crippen MR) is 168 cm³/mol. The lowest BCUT2D eigenvalue weighted by molar-refractivity contribution is 0.413. The van der Waals surface area contributed by atoms with Crippen LogP contribution in [-0.4, -0.2) is 56.2 Å². The minimum atomic E-state index is 0.541. The van der Waals surface area contributed by atoms with Gasteiger partial charge >= 0.3 is 0 Å². The van der Waals surface area contributed by atoms with E-state index in [2.05, 4.69) is 72.0 Å². The number of nitrogen functional groups attached to an aromatic ring is 1. The van der Waals surface area contributed by atoms with E-state index in [9.17, 15) is 0 Å². The molecule has 0 aliphatic heterocycles. The zero-order chi connectivity index (χ0) is 27.8. The van der Waals surface area contributed by atoms with Gasteiger partial charge in [0.25, 0.3) is 0 Å². The van der Waals surface area contributed by atoms with Crippen LogP contribution < -0.4 is 20.7 Å². The van der Waals surface area contributed by atoms with Crippen molar-refractivity contribution in [3.05, 3.63) is 70.2 Å². The zero-order valence-corrected chi connectivity index (χ0v) is 24.6. The quantitative estimate of drug-likeness (QED) is 0.236. The SMILES string of the molecule is COc1cc(N(C)CCN(C)C)c(N)cc1Nc1nc(C2=CCCC3CCCc4cccc2c43)c2sccc2n1. The molecule has 2 heterocycles. The maximum absolute atomic E-state index is 6.54. The first-order valence-electron chi connectivity index (χ1n) is 14.1. The fourth-order valence-corrected chi connectivity index (χ4v) is 6.99. The van der Waals surface area contributed by atoms with Crippen molar-refractivity contribution in [2.24, 2.45) is 0 Å². The summed E-state index contributed by atoms with van der Waals surface area (Å²) in [6.07, 6.45) is 8.37. The van der Waals surface area contributed by atoms with Crippen molar-refractivity contribution in [3.8, 4) is 5.75 Å².